The monoisotopic (exact) mass is 246 g/mol. The van der Waals surface area contributed by atoms with Gasteiger partial charge in [0.2, 0.25) is 0 Å². The highest BCUT2D eigenvalue weighted by molar-refractivity contribution is 5.75. The maximum absolute atomic E-state index is 11.3. The lowest BCUT2D eigenvalue weighted by atomic mass is 9.96. The Kier molecular flexibility index (Phi) is 8.13. The van der Waals surface area contributed by atoms with Gasteiger partial charge in [-0.1, -0.05) is 13.8 Å². The van der Waals surface area contributed by atoms with Gasteiger partial charge in [0, 0.05) is 26.8 Å². The fraction of sp³-hybridized carbons (Fsp3) is 0.818. The van der Waals surface area contributed by atoms with E-state index in [4.69, 9.17) is 9.84 Å². The van der Waals surface area contributed by atoms with Crippen LogP contribution in [0.3, 0.4) is 0 Å². The molecule has 6 heteroatoms. The molecule has 6 nitrogen and oxygen atoms in total. The molecule has 0 aromatic carbocycles. The number of urea groups is 1. The normalized spacial score (nSPS) is 12.2. The van der Waals surface area contributed by atoms with E-state index in [0.717, 1.165) is 6.42 Å². The summed E-state index contributed by atoms with van der Waals surface area (Å²) in [6.07, 6.45) is 0.733. The molecule has 0 aliphatic rings. The molecule has 0 fully saturated rings. The van der Waals surface area contributed by atoms with Gasteiger partial charge in [0.1, 0.15) is 0 Å². The van der Waals surface area contributed by atoms with Gasteiger partial charge in [0.05, 0.1) is 5.92 Å². The molecule has 17 heavy (non-hydrogen) atoms. The Morgan fingerprint density at radius 2 is 1.94 bits per heavy atom. The number of methoxy groups -OCH3 is 1. The first-order valence-electron chi connectivity index (χ1n) is 5.72. The Labute approximate surface area is 102 Å². The number of ether oxygens (including phenoxy) is 1. The highest BCUT2D eigenvalue weighted by Crippen LogP contribution is 2.09. The van der Waals surface area contributed by atoms with Crippen LogP contribution in [0, 0.1) is 11.8 Å². The molecule has 0 aromatic heterocycles. The minimum Gasteiger partial charge on any atom is -0.481 e. The number of carboxylic acids is 1. The predicted molar refractivity (Wildman–Crippen MR) is 63.9 cm³/mol. The summed E-state index contributed by atoms with van der Waals surface area (Å²) in [5.74, 6) is -1.46. The lowest BCUT2D eigenvalue weighted by Gasteiger charge is -2.16. The van der Waals surface area contributed by atoms with Gasteiger partial charge >= 0.3 is 12.0 Å². The third-order valence-corrected chi connectivity index (χ3v) is 2.42. The van der Waals surface area contributed by atoms with Crippen molar-refractivity contribution in [1.82, 2.24) is 10.6 Å². The summed E-state index contributed by atoms with van der Waals surface area (Å²) in [7, 11) is 1.60. The molecule has 100 valence electrons. The number of rotatable bonds is 8. The minimum atomic E-state index is -0.889. The number of hydrogen-bond donors (Lipinski definition) is 3. The fourth-order valence-electron chi connectivity index (χ4n) is 1.29. The first-order chi connectivity index (χ1) is 7.99. The van der Waals surface area contributed by atoms with Crippen molar-refractivity contribution < 1.29 is 19.4 Å². The lowest BCUT2D eigenvalue weighted by molar-refractivity contribution is -0.142. The van der Waals surface area contributed by atoms with Gasteiger partial charge in [0.25, 0.3) is 0 Å². The first-order valence-corrected chi connectivity index (χ1v) is 5.72. The van der Waals surface area contributed by atoms with Gasteiger partial charge in [0.15, 0.2) is 0 Å². The van der Waals surface area contributed by atoms with E-state index in [1.165, 1.54) is 0 Å². The Bertz CT molecular complexity index is 244. The van der Waals surface area contributed by atoms with E-state index in [0.29, 0.717) is 13.2 Å². The third-order valence-electron chi connectivity index (χ3n) is 2.42. The van der Waals surface area contributed by atoms with Crippen LogP contribution in [-0.2, 0) is 9.53 Å². The lowest BCUT2D eigenvalue weighted by Crippen LogP contribution is -2.41. The van der Waals surface area contributed by atoms with Gasteiger partial charge in [-0.05, 0) is 12.3 Å². The number of nitrogens with one attached hydrogen (secondary N) is 2. The van der Waals surface area contributed by atoms with Gasteiger partial charge in [-0.3, -0.25) is 4.79 Å². The summed E-state index contributed by atoms with van der Waals surface area (Å²) in [5.41, 5.74) is 0. The second-order valence-corrected chi connectivity index (χ2v) is 4.17. The second-order valence-electron chi connectivity index (χ2n) is 4.17. The molecule has 0 spiro atoms. The topological polar surface area (TPSA) is 87.7 Å². The number of carbonyl (C=O) groups is 2. The SMILES string of the molecule is COCCCNC(=O)NCC(C(=O)O)C(C)C. The number of aliphatic carboxylic acids is 1. The average Bonchev–Trinajstić information content (AvgIpc) is 2.23. The molecule has 0 aliphatic carbocycles. The Balaban J connectivity index is 3.77. The second kappa shape index (κ2) is 8.81. The van der Waals surface area contributed by atoms with Crippen molar-refractivity contribution in [3.05, 3.63) is 0 Å². The van der Waals surface area contributed by atoms with Crippen LogP contribution >= 0.6 is 0 Å². The van der Waals surface area contributed by atoms with E-state index in [9.17, 15) is 9.59 Å². The van der Waals surface area contributed by atoms with Crippen LogP contribution in [0.5, 0.6) is 0 Å². The van der Waals surface area contributed by atoms with Crippen molar-refractivity contribution >= 4 is 12.0 Å². The number of carboxylic acid groups (broad SMARTS) is 1. The minimum absolute atomic E-state index is 0.0127. The van der Waals surface area contributed by atoms with Crippen molar-refractivity contribution in [2.45, 2.75) is 20.3 Å². The molecular weight excluding hydrogens is 224 g/mol. The molecule has 1 unspecified atom stereocenters. The van der Waals surface area contributed by atoms with E-state index in [2.05, 4.69) is 10.6 Å². The van der Waals surface area contributed by atoms with Gasteiger partial charge in [-0.25, -0.2) is 4.79 Å². The molecule has 1 atom stereocenters. The zero-order valence-electron chi connectivity index (χ0n) is 10.7. The van der Waals surface area contributed by atoms with E-state index in [1.54, 1.807) is 7.11 Å². The van der Waals surface area contributed by atoms with E-state index < -0.39 is 11.9 Å². The summed E-state index contributed by atoms with van der Waals surface area (Å²) in [6, 6.07) is -0.340. The van der Waals surface area contributed by atoms with Crippen molar-refractivity contribution in [2.75, 3.05) is 26.8 Å². The molecule has 0 rings (SSSR count). The van der Waals surface area contributed by atoms with Crippen LogP contribution in [0.4, 0.5) is 4.79 Å². The zero-order valence-corrected chi connectivity index (χ0v) is 10.7. The molecule has 0 bridgehead atoms. The molecule has 0 saturated heterocycles. The Morgan fingerprint density at radius 1 is 1.29 bits per heavy atom. The molecule has 0 radical (unpaired) electrons. The highest BCUT2D eigenvalue weighted by atomic mass is 16.5. The van der Waals surface area contributed by atoms with E-state index in [1.807, 2.05) is 13.8 Å². The highest BCUT2D eigenvalue weighted by Gasteiger charge is 2.21. The zero-order chi connectivity index (χ0) is 13.3. The van der Waals surface area contributed by atoms with Crippen LogP contribution in [0.2, 0.25) is 0 Å². The first kappa shape index (κ1) is 15.7. The average molecular weight is 246 g/mol. The summed E-state index contributed by atoms with van der Waals surface area (Å²) in [4.78, 5) is 22.2. The molecule has 3 N–H and O–H groups in total. The van der Waals surface area contributed by atoms with Gasteiger partial charge in [-0.15, -0.1) is 0 Å². The number of hydrogen-bond acceptors (Lipinski definition) is 3. The molecule has 0 aliphatic heterocycles. The summed E-state index contributed by atoms with van der Waals surface area (Å²) in [5, 5.41) is 14.1. The van der Waals surface area contributed by atoms with Gasteiger partial charge in [-0.2, -0.15) is 0 Å². The molecule has 0 heterocycles. The molecular formula is C11H22N2O4. The number of amides is 2. The Morgan fingerprint density at radius 3 is 2.41 bits per heavy atom. The molecule has 0 saturated carbocycles. The van der Waals surface area contributed by atoms with Crippen LogP contribution < -0.4 is 10.6 Å². The van der Waals surface area contributed by atoms with Crippen molar-refractivity contribution in [3.63, 3.8) is 0 Å². The largest absolute Gasteiger partial charge is 0.481 e. The molecule has 2 amide bonds. The quantitative estimate of drug-likeness (QED) is 0.549. The van der Waals surface area contributed by atoms with Crippen molar-refractivity contribution in [1.29, 1.82) is 0 Å². The van der Waals surface area contributed by atoms with Crippen molar-refractivity contribution in [3.8, 4) is 0 Å². The third kappa shape index (κ3) is 7.57. The Hall–Kier alpha value is -1.30. The van der Waals surface area contributed by atoms with Crippen LogP contribution in [0.25, 0.3) is 0 Å². The smallest absolute Gasteiger partial charge is 0.314 e. The summed E-state index contributed by atoms with van der Waals surface area (Å²) < 4.78 is 4.84. The standard InChI is InChI=1S/C11H22N2O4/c1-8(2)9(10(14)15)7-13-11(16)12-5-4-6-17-3/h8-9H,4-7H2,1-3H3,(H,14,15)(H2,12,13,16). The maximum atomic E-state index is 11.3. The van der Waals surface area contributed by atoms with Crippen LogP contribution in [0.1, 0.15) is 20.3 Å². The number of carbonyl (C=O) groups excluding carboxylic acids is 1. The fourth-order valence-corrected chi connectivity index (χ4v) is 1.29. The maximum Gasteiger partial charge on any atom is 0.314 e. The summed E-state index contributed by atoms with van der Waals surface area (Å²) >= 11 is 0. The van der Waals surface area contributed by atoms with Crippen molar-refractivity contribution in [2.24, 2.45) is 11.8 Å². The van der Waals surface area contributed by atoms with Crippen LogP contribution in [0.15, 0.2) is 0 Å². The summed E-state index contributed by atoms with van der Waals surface area (Å²) in [6.45, 7) is 4.88. The van der Waals surface area contributed by atoms with E-state index in [-0.39, 0.29) is 18.5 Å². The van der Waals surface area contributed by atoms with E-state index >= 15 is 0 Å². The van der Waals surface area contributed by atoms with Gasteiger partial charge < -0.3 is 20.5 Å². The van der Waals surface area contributed by atoms with Crippen LogP contribution in [-0.4, -0.2) is 43.9 Å². The predicted octanol–water partition coefficient (Wildman–Crippen LogP) is 0.679. The molecule has 0 aromatic rings.